The van der Waals surface area contributed by atoms with Gasteiger partial charge in [-0.3, -0.25) is 4.79 Å². The van der Waals surface area contributed by atoms with Gasteiger partial charge in [0.15, 0.2) is 0 Å². The average molecular weight is 360 g/mol. The molecule has 0 unspecified atom stereocenters. The zero-order valence-corrected chi connectivity index (χ0v) is 15.6. The van der Waals surface area contributed by atoms with Gasteiger partial charge in [0.2, 0.25) is 5.91 Å². The first-order valence-corrected chi connectivity index (χ1v) is 9.76. The SMILES string of the molecule is COCCN1CCC[C@@]2(CCN(c3nc(C)nc4ccsc34)C2)C1=O. The molecule has 4 rings (SSSR count). The molecule has 7 heteroatoms. The van der Waals surface area contributed by atoms with E-state index in [0.717, 1.165) is 60.8 Å². The number of piperidine rings is 1. The molecule has 134 valence electrons. The maximum Gasteiger partial charge on any atom is 0.230 e. The number of carbonyl (C=O) groups excluding carboxylic acids is 1. The van der Waals surface area contributed by atoms with E-state index in [2.05, 4.69) is 15.3 Å². The molecule has 0 saturated carbocycles. The molecule has 1 amide bonds. The summed E-state index contributed by atoms with van der Waals surface area (Å²) >= 11 is 1.68. The van der Waals surface area contributed by atoms with Crippen LogP contribution in [0.5, 0.6) is 0 Å². The fourth-order valence-electron chi connectivity index (χ4n) is 4.17. The molecular weight excluding hydrogens is 336 g/mol. The van der Waals surface area contributed by atoms with Crippen LogP contribution in [0.3, 0.4) is 0 Å². The van der Waals surface area contributed by atoms with Crippen LogP contribution in [-0.4, -0.2) is 60.7 Å². The number of fused-ring (bicyclic) bond motifs is 1. The van der Waals surface area contributed by atoms with Crippen molar-refractivity contribution < 1.29 is 9.53 Å². The Bertz CT molecular complexity index is 792. The highest BCUT2D eigenvalue weighted by molar-refractivity contribution is 7.17. The van der Waals surface area contributed by atoms with E-state index < -0.39 is 0 Å². The van der Waals surface area contributed by atoms with Gasteiger partial charge in [-0.2, -0.15) is 0 Å². The average Bonchev–Trinajstić information content (AvgIpc) is 3.23. The molecule has 1 spiro atoms. The van der Waals surface area contributed by atoms with Crippen LogP contribution >= 0.6 is 11.3 Å². The molecule has 2 aliphatic heterocycles. The van der Waals surface area contributed by atoms with Crippen molar-refractivity contribution in [2.24, 2.45) is 5.41 Å². The highest BCUT2D eigenvalue weighted by Crippen LogP contribution is 2.42. The quantitative estimate of drug-likeness (QED) is 0.838. The van der Waals surface area contributed by atoms with Gasteiger partial charge in [-0.1, -0.05) is 0 Å². The van der Waals surface area contributed by atoms with Crippen LogP contribution < -0.4 is 4.90 Å². The lowest BCUT2D eigenvalue weighted by molar-refractivity contribution is -0.145. The molecule has 0 radical (unpaired) electrons. The second-order valence-corrected chi connectivity index (χ2v) is 7.99. The van der Waals surface area contributed by atoms with Crippen molar-refractivity contribution in [1.29, 1.82) is 0 Å². The van der Waals surface area contributed by atoms with Crippen molar-refractivity contribution in [3.8, 4) is 0 Å². The number of nitrogens with zero attached hydrogens (tertiary/aromatic N) is 4. The van der Waals surface area contributed by atoms with Crippen molar-refractivity contribution in [2.75, 3.05) is 44.8 Å². The number of amides is 1. The van der Waals surface area contributed by atoms with Gasteiger partial charge in [-0.25, -0.2) is 9.97 Å². The van der Waals surface area contributed by atoms with Crippen LogP contribution in [0.15, 0.2) is 11.4 Å². The Hall–Kier alpha value is -1.73. The molecule has 2 aliphatic rings. The first-order valence-electron chi connectivity index (χ1n) is 8.88. The summed E-state index contributed by atoms with van der Waals surface area (Å²) in [6.45, 7) is 5.73. The summed E-state index contributed by atoms with van der Waals surface area (Å²) in [7, 11) is 1.69. The molecule has 4 heterocycles. The summed E-state index contributed by atoms with van der Waals surface area (Å²) in [5.41, 5.74) is 0.749. The Balaban J connectivity index is 1.59. The topological polar surface area (TPSA) is 58.6 Å². The Labute approximate surface area is 151 Å². The molecule has 2 fully saturated rings. The van der Waals surface area contributed by atoms with Crippen LogP contribution in [0.2, 0.25) is 0 Å². The van der Waals surface area contributed by atoms with E-state index in [0.29, 0.717) is 19.1 Å². The molecule has 2 aromatic heterocycles. The number of anilines is 1. The van der Waals surface area contributed by atoms with E-state index in [4.69, 9.17) is 9.72 Å². The standard InChI is InChI=1S/C18H24N4O2S/c1-13-19-14-4-11-25-15(14)16(20-13)22-8-6-18(12-22)5-3-7-21(17(18)23)9-10-24-2/h4,11H,3,5-10,12H2,1-2H3/t18-/m0/s1. The Morgan fingerprint density at radius 2 is 2.20 bits per heavy atom. The maximum atomic E-state index is 13.1. The van der Waals surface area contributed by atoms with Crippen LogP contribution in [0.25, 0.3) is 10.2 Å². The molecule has 2 aromatic rings. The molecule has 0 aromatic carbocycles. The third-order valence-electron chi connectivity index (χ3n) is 5.44. The second-order valence-electron chi connectivity index (χ2n) is 7.07. The molecule has 0 bridgehead atoms. The molecule has 6 nitrogen and oxygen atoms in total. The fraction of sp³-hybridized carbons (Fsp3) is 0.611. The third kappa shape index (κ3) is 2.89. The largest absolute Gasteiger partial charge is 0.383 e. The van der Waals surface area contributed by atoms with Gasteiger partial charge in [0, 0.05) is 33.3 Å². The Kier molecular flexibility index (Phi) is 4.37. The van der Waals surface area contributed by atoms with E-state index in [9.17, 15) is 4.79 Å². The summed E-state index contributed by atoms with van der Waals surface area (Å²) in [6.07, 6.45) is 2.95. The number of thiophene rings is 1. The van der Waals surface area contributed by atoms with E-state index in [1.54, 1.807) is 18.4 Å². The van der Waals surface area contributed by atoms with Gasteiger partial charge in [-0.15, -0.1) is 11.3 Å². The second kappa shape index (κ2) is 6.53. The Morgan fingerprint density at radius 3 is 3.04 bits per heavy atom. The maximum absolute atomic E-state index is 13.1. The highest BCUT2D eigenvalue weighted by atomic mass is 32.1. The minimum Gasteiger partial charge on any atom is -0.383 e. The van der Waals surface area contributed by atoms with E-state index in [1.807, 2.05) is 17.9 Å². The van der Waals surface area contributed by atoms with Crippen molar-refractivity contribution in [1.82, 2.24) is 14.9 Å². The molecule has 2 saturated heterocycles. The minimum absolute atomic E-state index is 0.256. The van der Waals surface area contributed by atoms with Crippen LogP contribution in [0.4, 0.5) is 5.82 Å². The van der Waals surface area contributed by atoms with Gasteiger partial charge in [0.05, 0.1) is 22.2 Å². The molecule has 0 N–H and O–H groups in total. The zero-order chi connectivity index (χ0) is 17.4. The summed E-state index contributed by atoms with van der Waals surface area (Å²) in [4.78, 5) is 26.6. The number of hydrogen-bond acceptors (Lipinski definition) is 6. The Morgan fingerprint density at radius 1 is 1.32 bits per heavy atom. The molecule has 0 aliphatic carbocycles. The van der Waals surface area contributed by atoms with Gasteiger partial charge >= 0.3 is 0 Å². The number of methoxy groups -OCH3 is 1. The summed E-state index contributed by atoms with van der Waals surface area (Å²) < 4.78 is 6.29. The highest BCUT2D eigenvalue weighted by Gasteiger charge is 2.48. The first kappa shape index (κ1) is 16.7. The number of ether oxygens (including phenoxy) is 1. The lowest BCUT2D eigenvalue weighted by atomic mass is 9.78. The lowest BCUT2D eigenvalue weighted by Crippen LogP contribution is -2.51. The van der Waals surface area contributed by atoms with E-state index >= 15 is 0 Å². The smallest absolute Gasteiger partial charge is 0.230 e. The van der Waals surface area contributed by atoms with Crippen LogP contribution in [-0.2, 0) is 9.53 Å². The van der Waals surface area contributed by atoms with Gasteiger partial charge in [0.1, 0.15) is 11.6 Å². The van der Waals surface area contributed by atoms with Crippen LogP contribution in [0.1, 0.15) is 25.1 Å². The van der Waals surface area contributed by atoms with E-state index in [-0.39, 0.29) is 5.41 Å². The number of carbonyl (C=O) groups is 1. The number of aryl methyl sites for hydroxylation is 1. The predicted octanol–water partition coefficient (Wildman–Crippen LogP) is 2.47. The summed E-state index contributed by atoms with van der Waals surface area (Å²) in [5.74, 6) is 2.08. The normalized spacial score (nSPS) is 24.0. The van der Waals surface area contributed by atoms with Crippen molar-refractivity contribution in [2.45, 2.75) is 26.2 Å². The van der Waals surface area contributed by atoms with Crippen molar-refractivity contribution in [3.05, 3.63) is 17.3 Å². The van der Waals surface area contributed by atoms with Gasteiger partial charge in [0.25, 0.3) is 0 Å². The van der Waals surface area contributed by atoms with Crippen LogP contribution in [0, 0.1) is 12.3 Å². The van der Waals surface area contributed by atoms with Gasteiger partial charge in [-0.05, 0) is 37.6 Å². The summed E-state index contributed by atoms with van der Waals surface area (Å²) in [5, 5.41) is 2.06. The van der Waals surface area contributed by atoms with Crippen molar-refractivity contribution >= 4 is 33.3 Å². The monoisotopic (exact) mass is 360 g/mol. The first-order chi connectivity index (χ1) is 12.1. The van der Waals surface area contributed by atoms with Gasteiger partial charge < -0.3 is 14.5 Å². The number of likely N-dealkylation sites (tertiary alicyclic amines) is 1. The number of rotatable bonds is 4. The predicted molar refractivity (Wildman–Crippen MR) is 99.1 cm³/mol. The zero-order valence-electron chi connectivity index (χ0n) is 14.8. The number of hydrogen-bond donors (Lipinski definition) is 0. The lowest BCUT2D eigenvalue weighted by Gasteiger charge is -2.39. The third-order valence-corrected chi connectivity index (χ3v) is 6.34. The minimum atomic E-state index is -0.256. The van der Waals surface area contributed by atoms with E-state index in [1.165, 1.54) is 0 Å². The fourth-order valence-corrected chi connectivity index (χ4v) is 5.02. The summed E-state index contributed by atoms with van der Waals surface area (Å²) in [6, 6.07) is 2.04. The molecule has 25 heavy (non-hydrogen) atoms. The molecular formula is C18H24N4O2S. The number of aromatic nitrogens is 2. The molecule has 1 atom stereocenters. The van der Waals surface area contributed by atoms with Crippen molar-refractivity contribution in [3.63, 3.8) is 0 Å².